The van der Waals surface area contributed by atoms with Crippen molar-refractivity contribution in [3.8, 4) is 5.75 Å². The smallest absolute Gasteiger partial charge is 0.258 e. The minimum atomic E-state index is -0.254. The molecule has 5 rings (SSSR count). The average molecular weight is 495 g/mol. The number of hydrogen-bond acceptors (Lipinski definition) is 5. The number of benzene rings is 2. The number of nitrogens with zero attached hydrogens (tertiary/aromatic N) is 3. The van der Waals surface area contributed by atoms with Crippen LogP contribution in [0.3, 0.4) is 0 Å². The van der Waals surface area contributed by atoms with Gasteiger partial charge in [-0.05, 0) is 55.4 Å². The van der Waals surface area contributed by atoms with Gasteiger partial charge in [0, 0.05) is 36.0 Å². The van der Waals surface area contributed by atoms with Crippen LogP contribution in [0.5, 0.6) is 5.75 Å². The van der Waals surface area contributed by atoms with E-state index in [4.69, 9.17) is 4.74 Å². The molecule has 2 aliphatic carbocycles. The third-order valence-corrected chi connectivity index (χ3v) is 6.45. The summed E-state index contributed by atoms with van der Waals surface area (Å²) in [5.74, 6) is 0.619. The first-order valence-corrected chi connectivity index (χ1v) is 12.4. The zero-order valence-electron chi connectivity index (χ0n) is 21.1. The maximum absolute atomic E-state index is 12.9. The molecule has 0 radical (unpaired) electrons. The van der Waals surface area contributed by atoms with Gasteiger partial charge in [0.2, 0.25) is 0 Å². The molecule has 37 heavy (non-hydrogen) atoms. The highest BCUT2D eigenvalue weighted by Gasteiger charge is 2.25. The molecule has 0 bridgehead atoms. The zero-order valence-corrected chi connectivity index (χ0v) is 21.1. The van der Waals surface area contributed by atoms with Crippen LogP contribution in [0.25, 0.3) is 6.08 Å². The quantitative estimate of drug-likeness (QED) is 0.486. The number of ketones is 1. The van der Waals surface area contributed by atoms with E-state index in [1.54, 1.807) is 29.2 Å². The van der Waals surface area contributed by atoms with Crippen molar-refractivity contribution < 1.29 is 14.3 Å². The molecule has 188 valence electrons. The van der Waals surface area contributed by atoms with E-state index in [2.05, 4.69) is 21.4 Å². The number of allylic oxidation sites excluding steroid dienone is 4. The van der Waals surface area contributed by atoms with Crippen molar-refractivity contribution in [2.45, 2.75) is 19.4 Å². The van der Waals surface area contributed by atoms with Crippen LogP contribution in [0, 0.1) is 0 Å². The molecule has 0 aliphatic heterocycles. The maximum Gasteiger partial charge on any atom is 0.258 e. The van der Waals surface area contributed by atoms with Crippen LogP contribution in [-0.4, -0.2) is 53.6 Å². The van der Waals surface area contributed by atoms with Gasteiger partial charge in [-0.1, -0.05) is 48.5 Å². The molecule has 2 aromatic carbocycles. The second-order valence-electron chi connectivity index (χ2n) is 9.54. The molecule has 1 amide bonds. The summed E-state index contributed by atoms with van der Waals surface area (Å²) in [5, 5.41) is 7.26. The number of amides is 1. The number of ether oxygens (including phenoxy) is 1. The fourth-order valence-electron chi connectivity index (χ4n) is 4.48. The maximum atomic E-state index is 12.9. The third-order valence-electron chi connectivity index (χ3n) is 6.45. The number of hydrogen-bond donors (Lipinski definition) is 1. The molecule has 0 unspecified atom stereocenters. The number of likely N-dealkylation sites (N-methyl/N-ethyl adjacent to an activating group) is 1. The van der Waals surface area contributed by atoms with Gasteiger partial charge in [0.25, 0.3) is 5.91 Å². The highest BCUT2D eigenvalue weighted by Crippen LogP contribution is 2.36. The van der Waals surface area contributed by atoms with Gasteiger partial charge in [-0.15, -0.1) is 0 Å². The molecule has 0 atom stereocenters. The Morgan fingerprint density at radius 3 is 2.76 bits per heavy atom. The first kappa shape index (κ1) is 24.5. The molecule has 0 saturated carbocycles. The monoisotopic (exact) mass is 494 g/mol. The second kappa shape index (κ2) is 10.8. The van der Waals surface area contributed by atoms with E-state index in [1.165, 1.54) is 0 Å². The van der Waals surface area contributed by atoms with Crippen LogP contribution in [-0.2, 0) is 17.8 Å². The van der Waals surface area contributed by atoms with Crippen molar-refractivity contribution in [3.63, 3.8) is 0 Å². The lowest BCUT2D eigenvalue weighted by atomic mass is 9.93. The molecule has 7 heteroatoms. The number of Topliss-reactive ketones (excluding diaryl/α,β-unsaturated/α-hetero) is 1. The molecule has 1 N–H and O–H groups in total. The third kappa shape index (κ3) is 5.78. The Kier molecular flexibility index (Phi) is 7.14. The Bertz CT molecular complexity index is 1410. The number of carbonyl (C=O) groups excluding carboxylic acids is 2. The van der Waals surface area contributed by atoms with E-state index in [-0.39, 0.29) is 18.1 Å². The van der Waals surface area contributed by atoms with Crippen LogP contribution in [0.1, 0.15) is 33.5 Å². The Balaban J connectivity index is 1.28. The fourth-order valence-corrected chi connectivity index (χ4v) is 4.48. The van der Waals surface area contributed by atoms with Crippen molar-refractivity contribution in [1.82, 2.24) is 20.0 Å². The molecule has 2 aliphatic rings. The van der Waals surface area contributed by atoms with Crippen molar-refractivity contribution in [3.05, 3.63) is 112 Å². The SMILES string of the molecule is CN(C)CCOc1cccc2c1C=C(C1=CC(NC(=O)c3cnn(Cc4ccccc4)c3)=CCC1=O)C2. The van der Waals surface area contributed by atoms with Gasteiger partial charge in [0.05, 0.1) is 18.3 Å². The van der Waals surface area contributed by atoms with E-state index in [0.29, 0.717) is 36.4 Å². The topological polar surface area (TPSA) is 76.5 Å². The molecule has 0 fully saturated rings. The zero-order chi connectivity index (χ0) is 25.8. The summed E-state index contributed by atoms with van der Waals surface area (Å²) < 4.78 is 7.76. The lowest BCUT2D eigenvalue weighted by molar-refractivity contribution is -0.114. The minimum absolute atomic E-state index is 0.0443. The number of aromatic nitrogens is 2. The molecular weight excluding hydrogens is 464 g/mol. The van der Waals surface area contributed by atoms with Gasteiger partial charge in [0.15, 0.2) is 5.78 Å². The van der Waals surface area contributed by atoms with E-state index in [0.717, 1.165) is 34.6 Å². The molecule has 3 aromatic rings. The lowest BCUT2D eigenvalue weighted by Crippen LogP contribution is -2.24. The normalized spacial score (nSPS) is 14.7. The Labute approximate surface area is 216 Å². The van der Waals surface area contributed by atoms with E-state index >= 15 is 0 Å². The Morgan fingerprint density at radius 1 is 1.11 bits per heavy atom. The summed E-state index contributed by atoms with van der Waals surface area (Å²) in [6.07, 6.45) is 9.78. The average Bonchev–Trinajstić information content (AvgIpc) is 3.53. The van der Waals surface area contributed by atoms with Crippen LogP contribution < -0.4 is 10.1 Å². The molecule has 0 spiro atoms. The van der Waals surface area contributed by atoms with Gasteiger partial charge < -0.3 is 15.0 Å². The molecule has 0 saturated heterocycles. The summed E-state index contributed by atoms with van der Waals surface area (Å²) >= 11 is 0. The molecule has 1 heterocycles. The van der Waals surface area contributed by atoms with Gasteiger partial charge in [-0.3, -0.25) is 14.3 Å². The molecule has 7 nitrogen and oxygen atoms in total. The Hall–Kier alpha value is -4.23. The Morgan fingerprint density at radius 2 is 1.95 bits per heavy atom. The predicted octanol–water partition coefficient (Wildman–Crippen LogP) is 4.02. The van der Waals surface area contributed by atoms with Crippen molar-refractivity contribution >= 4 is 17.8 Å². The van der Waals surface area contributed by atoms with E-state index in [9.17, 15) is 9.59 Å². The summed E-state index contributed by atoms with van der Waals surface area (Å²) in [5.41, 5.74) is 5.93. The highest BCUT2D eigenvalue weighted by molar-refractivity contribution is 6.05. The summed E-state index contributed by atoms with van der Waals surface area (Å²) in [6, 6.07) is 16.0. The van der Waals surface area contributed by atoms with E-state index in [1.807, 2.05) is 62.6 Å². The van der Waals surface area contributed by atoms with Crippen LogP contribution >= 0.6 is 0 Å². The van der Waals surface area contributed by atoms with Crippen molar-refractivity contribution in [2.75, 3.05) is 27.2 Å². The molecule has 1 aromatic heterocycles. The van der Waals surface area contributed by atoms with Gasteiger partial charge in [-0.2, -0.15) is 5.10 Å². The minimum Gasteiger partial charge on any atom is -0.492 e. The number of fused-ring (bicyclic) bond motifs is 1. The van der Waals surface area contributed by atoms with Crippen molar-refractivity contribution in [2.24, 2.45) is 0 Å². The number of nitrogens with one attached hydrogen (secondary N) is 1. The van der Waals surface area contributed by atoms with Gasteiger partial charge in [0.1, 0.15) is 12.4 Å². The lowest BCUT2D eigenvalue weighted by Gasteiger charge is -2.14. The fraction of sp³-hybridized carbons (Fsp3) is 0.233. The van der Waals surface area contributed by atoms with E-state index < -0.39 is 0 Å². The van der Waals surface area contributed by atoms with Crippen LogP contribution in [0.2, 0.25) is 0 Å². The highest BCUT2D eigenvalue weighted by atomic mass is 16.5. The second-order valence-corrected chi connectivity index (χ2v) is 9.54. The standard InChI is InChI=1S/C30H30N4O3/c1-33(2)13-14-37-29-10-6-9-22-15-23(16-27(22)29)26-17-25(11-12-28(26)35)32-30(36)24-18-31-34(20-24)19-21-7-4-3-5-8-21/h3-11,16-18,20H,12-15,19H2,1-2H3,(H,32,36). The number of carbonyl (C=O) groups is 2. The first-order valence-electron chi connectivity index (χ1n) is 12.4. The summed E-state index contributed by atoms with van der Waals surface area (Å²) in [7, 11) is 4.03. The predicted molar refractivity (Wildman–Crippen MR) is 143 cm³/mol. The van der Waals surface area contributed by atoms with Crippen LogP contribution in [0.15, 0.2) is 89.9 Å². The largest absolute Gasteiger partial charge is 0.492 e. The van der Waals surface area contributed by atoms with Crippen molar-refractivity contribution in [1.29, 1.82) is 0 Å². The van der Waals surface area contributed by atoms with Gasteiger partial charge >= 0.3 is 0 Å². The first-order chi connectivity index (χ1) is 18.0. The molecular formula is C30H30N4O3. The van der Waals surface area contributed by atoms with Gasteiger partial charge in [-0.25, -0.2) is 0 Å². The summed E-state index contributed by atoms with van der Waals surface area (Å²) in [4.78, 5) is 27.8. The number of rotatable bonds is 9. The van der Waals surface area contributed by atoms with Crippen LogP contribution in [0.4, 0.5) is 0 Å². The summed E-state index contributed by atoms with van der Waals surface area (Å²) in [6.45, 7) is 2.00.